The predicted octanol–water partition coefficient (Wildman–Crippen LogP) is 1.73. The molecule has 0 saturated carbocycles. The van der Waals surface area contributed by atoms with Crippen molar-refractivity contribution in [3.8, 4) is 5.75 Å². The van der Waals surface area contributed by atoms with Crippen molar-refractivity contribution in [2.75, 3.05) is 26.7 Å². The van der Waals surface area contributed by atoms with Gasteiger partial charge in [-0.3, -0.25) is 4.79 Å². The molecule has 0 atom stereocenters. The van der Waals surface area contributed by atoms with Crippen molar-refractivity contribution in [2.45, 2.75) is 13.3 Å². The standard InChI is InChI=1S/C13H19BrN2O2/c1-3-15-9-13(17)16-7-6-10-8-11(14)4-5-12(10)18-2/h4-5,8,15H,3,6-7,9H2,1-2H3,(H,16,17). The van der Waals surface area contributed by atoms with E-state index in [2.05, 4.69) is 26.6 Å². The SMILES string of the molecule is CCNCC(=O)NCCc1cc(Br)ccc1OC. The van der Waals surface area contributed by atoms with Gasteiger partial charge in [-0.25, -0.2) is 0 Å². The molecule has 1 aromatic carbocycles. The Kier molecular flexibility index (Phi) is 6.75. The van der Waals surface area contributed by atoms with Crippen molar-refractivity contribution in [3.63, 3.8) is 0 Å². The summed E-state index contributed by atoms with van der Waals surface area (Å²) in [5.74, 6) is 0.866. The topological polar surface area (TPSA) is 50.4 Å². The van der Waals surface area contributed by atoms with Crippen molar-refractivity contribution >= 4 is 21.8 Å². The lowest BCUT2D eigenvalue weighted by molar-refractivity contribution is -0.120. The van der Waals surface area contributed by atoms with Crippen LogP contribution in [0.5, 0.6) is 5.75 Å². The summed E-state index contributed by atoms with van der Waals surface area (Å²) < 4.78 is 6.29. The summed E-state index contributed by atoms with van der Waals surface area (Å²) >= 11 is 3.43. The van der Waals surface area contributed by atoms with Crippen LogP contribution >= 0.6 is 15.9 Å². The van der Waals surface area contributed by atoms with Gasteiger partial charge in [-0.15, -0.1) is 0 Å². The molecule has 0 aliphatic carbocycles. The first kappa shape index (κ1) is 15.0. The zero-order valence-corrected chi connectivity index (χ0v) is 12.3. The molecule has 0 heterocycles. The second kappa shape index (κ2) is 8.11. The predicted molar refractivity (Wildman–Crippen MR) is 76.0 cm³/mol. The van der Waals surface area contributed by atoms with Crippen LogP contribution < -0.4 is 15.4 Å². The molecule has 0 saturated heterocycles. The molecule has 18 heavy (non-hydrogen) atoms. The molecule has 0 radical (unpaired) electrons. The van der Waals surface area contributed by atoms with Crippen molar-refractivity contribution in [3.05, 3.63) is 28.2 Å². The molecule has 0 spiro atoms. The van der Waals surface area contributed by atoms with Gasteiger partial charge >= 0.3 is 0 Å². The van der Waals surface area contributed by atoms with E-state index in [0.717, 1.165) is 28.8 Å². The average Bonchev–Trinajstić information content (AvgIpc) is 2.36. The molecule has 4 nitrogen and oxygen atoms in total. The minimum atomic E-state index is 0.0193. The molecule has 100 valence electrons. The first-order chi connectivity index (χ1) is 8.67. The lowest BCUT2D eigenvalue weighted by atomic mass is 10.1. The van der Waals surface area contributed by atoms with E-state index in [1.54, 1.807) is 7.11 Å². The number of hydrogen-bond donors (Lipinski definition) is 2. The lowest BCUT2D eigenvalue weighted by Gasteiger charge is -2.10. The summed E-state index contributed by atoms with van der Waals surface area (Å²) in [6.45, 7) is 3.75. The van der Waals surface area contributed by atoms with E-state index in [1.807, 2.05) is 25.1 Å². The maximum absolute atomic E-state index is 11.4. The van der Waals surface area contributed by atoms with E-state index < -0.39 is 0 Å². The Morgan fingerprint density at radius 1 is 1.44 bits per heavy atom. The molecule has 1 rings (SSSR count). The maximum Gasteiger partial charge on any atom is 0.233 e. The van der Waals surface area contributed by atoms with Gasteiger partial charge in [0, 0.05) is 11.0 Å². The number of methoxy groups -OCH3 is 1. The molecular weight excluding hydrogens is 296 g/mol. The summed E-state index contributed by atoms with van der Waals surface area (Å²) in [6, 6.07) is 5.86. The fourth-order valence-corrected chi connectivity index (χ4v) is 1.99. The molecule has 0 bridgehead atoms. The molecule has 0 aromatic heterocycles. The number of amides is 1. The van der Waals surface area contributed by atoms with Crippen molar-refractivity contribution in [1.29, 1.82) is 0 Å². The van der Waals surface area contributed by atoms with Gasteiger partial charge in [-0.1, -0.05) is 22.9 Å². The van der Waals surface area contributed by atoms with Crippen molar-refractivity contribution in [1.82, 2.24) is 10.6 Å². The third-order valence-electron chi connectivity index (χ3n) is 2.49. The summed E-state index contributed by atoms with van der Waals surface area (Å²) in [7, 11) is 1.65. The molecule has 5 heteroatoms. The summed E-state index contributed by atoms with van der Waals surface area (Å²) in [4.78, 5) is 11.4. The highest BCUT2D eigenvalue weighted by Crippen LogP contribution is 2.22. The van der Waals surface area contributed by atoms with E-state index in [9.17, 15) is 4.79 Å². The zero-order chi connectivity index (χ0) is 13.4. The molecular formula is C13H19BrN2O2. The number of likely N-dealkylation sites (N-methyl/N-ethyl adjacent to an activating group) is 1. The first-order valence-corrected chi connectivity index (χ1v) is 6.76. The van der Waals surface area contributed by atoms with Gasteiger partial charge in [-0.2, -0.15) is 0 Å². The number of carbonyl (C=O) groups excluding carboxylic acids is 1. The molecule has 2 N–H and O–H groups in total. The van der Waals surface area contributed by atoms with Crippen LogP contribution in [0.3, 0.4) is 0 Å². The molecule has 1 aromatic rings. The second-order valence-corrected chi connectivity index (χ2v) is 4.75. The number of carbonyl (C=O) groups is 1. The Hall–Kier alpha value is -1.07. The zero-order valence-electron chi connectivity index (χ0n) is 10.8. The first-order valence-electron chi connectivity index (χ1n) is 5.97. The number of rotatable bonds is 7. The molecule has 0 aliphatic heterocycles. The number of ether oxygens (including phenoxy) is 1. The van der Waals surface area contributed by atoms with Crippen molar-refractivity contribution in [2.24, 2.45) is 0 Å². The molecule has 0 unspecified atom stereocenters. The number of halogens is 1. The van der Waals surface area contributed by atoms with Gasteiger partial charge in [0.25, 0.3) is 0 Å². The number of hydrogen-bond acceptors (Lipinski definition) is 3. The highest BCUT2D eigenvalue weighted by atomic mass is 79.9. The Balaban J connectivity index is 2.43. The van der Waals surface area contributed by atoms with Gasteiger partial charge in [-0.05, 0) is 36.7 Å². The highest BCUT2D eigenvalue weighted by molar-refractivity contribution is 9.10. The summed E-state index contributed by atoms with van der Waals surface area (Å²) in [5, 5.41) is 5.85. The molecule has 0 fully saturated rings. The van der Waals surface area contributed by atoms with E-state index in [4.69, 9.17) is 4.74 Å². The fraction of sp³-hybridized carbons (Fsp3) is 0.462. The Morgan fingerprint density at radius 3 is 2.89 bits per heavy atom. The van der Waals surface area contributed by atoms with Gasteiger partial charge in [0.2, 0.25) is 5.91 Å². The summed E-state index contributed by atoms with van der Waals surface area (Å²) in [6.07, 6.45) is 0.750. The fourth-order valence-electron chi connectivity index (χ4n) is 1.58. The van der Waals surface area contributed by atoms with Gasteiger partial charge in [0.1, 0.15) is 5.75 Å². The Labute approximate surface area is 116 Å². The van der Waals surface area contributed by atoms with Crippen LogP contribution in [0.1, 0.15) is 12.5 Å². The quantitative estimate of drug-likeness (QED) is 0.806. The van der Waals surface area contributed by atoms with Crippen LogP contribution in [0.4, 0.5) is 0 Å². The number of benzene rings is 1. The normalized spacial score (nSPS) is 10.2. The average molecular weight is 315 g/mol. The van der Waals surface area contributed by atoms with E-state index in [1.165, 1.54) is 0 Å². The minimum Gasteiger partial charge on any atom is -0.496 e. The van der Waals surface area contributed by atoms with E-state index in [0.29, 0.717) is 13.1 Å². The Morgan fingerprint density at radius 2 is 2.22 bits per heavy atom. The van der Waals surface area contributed by atoms with E-state index in [-0.39, 0.29) is 5.91 Å². The van der Waals surface area contributed by atoms with E-state index >= 15 is 0 Å². The second-order valence-electron chi connectivity index (χ2n) is 3.84. The van der Waals surface area contributed by atoms with Crippen LogP contribution in [0.2, 0.25) is 0 Å². The Bertz CT molecular complexity index is 397. The van der Waals surface area contributed by atoms with Gasteiger partial charge in [0.15, 0.2) is 0 Å². The van der Waals surface area contributed by atoms with Crippen LogP contribution in [-0.2, 0) is 11.2 Å². The van der Waals surface area contributed by atoms with Crippen LogP contribution in [0.15, 0.2) is 22.7 Å². The van der Waals surface area contributed by atoms with Gasteiger partial charge < -0.3 is 15.4 Å². The molecule has 0 aliphatic rings. The largest absolute Gasteiger partial charge is 0.496 e. The minimum absolute atomic E-state index is 0.0193. The third kappa shape index (κ3) is 5.06. The van der Waals surface area contributed by atoms with Crippen LogP contribution in [0, 0.1) is 0 Å². The third-order valence-corrected chi connectivity index (χ3v) is 2.99. The lowest BCUT2D eigenvalue weighted by Crippen LogP contribution is -2.34. The van der Waals surface area contributed by atoms with Gasteiger partial charge in [0.05, 0.1) is 13.7 Å². The molecule has 1 amide bonds. The van der Waals surface area contributed by atoms with Crippen LogP contribution in [0.25, 0.3) is 0 Å². The van der Waals surface area contributed by atoms with Crippen LogP contribution in [-0.4, -0.2) is 32.7 Å². The monoisotopic (exact) mass is 314 g/mol. The number of nitrogens with one attached hydrogen (secondary N) is 2. The smallest absolute Gasteiger partial charge is 0.233 e. The maximum atomic E-state index is 11.4. The summed E-state index contributed by atoms with van der Waals surface area (Å²) in [5.41, 5.74) is 1.08. The highest BCUT2D eigenvalue weighted by Gasteiger charge is 2.05. The van der Waals surface area contributed by atoms with Crippen molar-refractivity contribution < 1.29 is 9.53 Å².